The smallest absolute Gasteiger partial charge is 0.331 e. The van der Waals surface area contributed by atoms with E-state index < -0.39 is 24.7 Å². The molecule has 0 fully saturated rings. The normalized spacial score (nSPS) is 14.4. The summed E-state index contributed by atoms with van der Waals surface area (Å²) in [6.45, 7) is 8.36. The molecule has 0 radical (unpaired) electrons. The lowest BCUT2D eigenvalue weighted by Crippen LogP contribution is -2.47. The van der Waals surface area contributed by atoms with Crippen LogP contribution in [-0.2, 0) is 4.79 Å². The zero-order chi connectivity index (χ0) is 16.8. The SMILES string of the molecule is CCC(CC)N(CC(F)(F)F)C(=O)CC(N)CC(C)(C)C. The Hall–Kier alpha value is -0.780. The summed E-state index contributed by atoms with van der Waals surface area (Å²) in [5.41, 5.74) is 5.86. The van der Waals surface area contributed by atoms with Crippen LogP contribution in [0.1, 0.15) is 60.3 Å². The summed E-state index contributed by atoms with van der Waals surface area (Å²) in [6.07, 6.45) is -2.81. The minimum atomic E-state index is -4.38. The first kappa shape index (κ1) is 20.2. The Balaban J connectivity index is 4.87. The highest BCUT2D eigenvalue weighted by molar-refractivity contribution is 5.77. The quantitative estimate of drug-likeness (QED) is 0.779. The second-order valence-electron chi connectivity index (χ2n) is 6.84. The first-order valence-corrected chi connectivity index (χ1v) is 7.51. The second kappa shape index (κ2) is 8.01. The summed E-state index contributed by atoms with van der Waals surface area (Å²) in [4.78, 5) is 13.2. The van der Waals surface area contributed by atoms with Crippen molar-refractivity contribution >= 4 is 5.91 Å². The van der Waals surface area contributed by atoms with Gasteiger partial charge in [0.2, 0.25) is 5.91 Å². The fourth-order valence-electron chi connectivity index (χ4n) is 2.54. The Morgan fingerprint density at radius 3 is 1.95 bits per heavy atom. The van der Waals surface area contributed by atoms with Crippen LogP contribution in [0.15, 0.2) is 0 Å². The van der Waals surface area contributed by atoms with Gasteiger partial charge in [-0.1, -0.05) is 34.6 Å². The second-order valence-corrected chi connectivity index (χ2v) is 6.84. The molecule has 1 atom stereocenters. The third-order valence-corrected chi connectivity index (χ3v) is 3.36. The molecule has 0 heterocycles. The number of carbonyl (C=O) groups excluding carboxylic acids is 1. The first-order chi connectivity index (χ1) is 9.39. The molecule has 0 rings (SSSR count). The summed E-state index contributed by atoms with van der Waals surface area (Å²) < 4.78 is 38.0. The fourth-order valence-corrected chi connectivity index (χ4v) is 2.54. The lowest BCUT2D eigenvalue weighted by atomic mass is 9.87. The zero-order valence-corrected chi connectivity index (χ0v) is 13.8. The molecule has 1 amide bonds. The third kappa shape index (κ3) is 8.96. The van der Waals surface area contributed by atoms with E-state index in [0.29, 0.717) is 19.3 Å². The number of carbonyl (C=O) groups is 1. The molecule has 0 aliphatic rings. The van der Waals surface area contributed by atoms with Crippen molar-refractivity contribution in [2.24, 2.45) is 11.1 Å². The molecule has 0 aromatic heterocycles. The fraction of sp³-hybridized carbons (Fsp3) is 0.933. The van der Waals surface area contributed by atoms with Gasteiger partial charge in [-0.2, -0.15) is 13.2 Å². The summed E-state index contributed by atoms with van der Waals surface area (Å²) >= 11 is 0. The van der Waals surface area contributed by atoms with Gasteiger partial charge >= 0.3 is 6.18 Å². The van der Waals surface area contributed by atoms with Gasteiger partial charge in [0.1, 0.15) is 6.54 Å². The number of amides is 1. The van der Waals surface area contributed by atoms with Crippen LogP contribution in [0.2, 0.25) is 0 Å². The van der Waals surface area contributed by atoms with Crippen LogP contribution in [0.3, 0.4) is 0 Å². The molecule has 0 saturated heterocycles. The topological polar surface area (TPSA) is 46.3 Å². The van der Waals surface area contributed by atoms with E-state index in [9.17, 15) is 18.0 Å². The lowest BCUT2D eigenvalue weighted by molar-refractivity contribution is -0.166. The van der Waals surface area contributed by atoms with E-state index in [2.05, 4.69) is 0 Å². The van der Waals surface area contributed by atoms with E-state index in [4.69, 9.17) is 5.73 Å². The molecule has 0 spiro atoms. The van der Waals surface area contributed by atoms with Crippen molar-refractivity contribution in [3.63, 3.8) is 0 Å². The molecule has 21 heavy (non-hydrogen) atoms. The number of hydrogen-bond donors (Lipinski definition) is 1. The molecule has 0 saturated carbocycles. The molecular formula is C15H29F3N2O. The minimum absolute atomic E-state index is 0.0378. The van der Waals surface area contributed by atoms with Gasteiger partial charge in [-0.3, -0.25) is 4.79 Å². The van der Waals surface area contributed by atoms with E-state index in [1.165, 1.54) is 0 Å². The Bertz CT molecular complexity index is 320. The van der Waals surface area contributed by atoms with Gasteiger partial charge < -0.3 is 10.6 Å². The van der Waals surface area contributed by atoms with Crippen LogP contribution in [0, 0.1) is 5.41 Å². The van der Waals surface area contributed by atoms with E-state index in [0.717, 1.165) is 4.90 Å². The van der Waals surface area contributed by atoms with Crippen LogP contribution < -0.4 is 5.73 Å². The van der Waals surface area contributed by atoms with Crippen LogP contribution in [0.5, 0.6) is 0 Å². The Kier molecular flexibility index (Phi) is 7.71. The summed E-state index contributed by atoms with van der Waals surface area (Å²) in [6, 6.07) is -0.802. The molecule has 6 heteroatoms. The maximum atomic E-state index is 12.7. The third-order valence-electron chi connectivity index (χ3n) is 3.36. The van der Waals surface area contributed by atoms with Gasteiger partial charge in [-0.25, -0.2) is 0 Å². The highest BCUT2D eigenvalue weighted by Crippen LogP contribution is 2.24. The molecule has 3 nitrogen and oxygen atoms in total. The van der Waals surface area contributed by atoms with Crippen molar-refractivity contribution in [1.29, 1.82) is 0 Å². The van der Waals surface area contributed by atoms with Crippen molar-refractivity contribution in [2.75, 3.05) is 6.54 Å². The molecule has 0 aliphatic carbocycles. The minimum Gasteiger partial charge on any atom is -0.331 e. The van der Waals surface area contributed by atoms with E-state index in [-0.39, 0.29) is 17.9 Å². The van der Waals surface area contributed by atoms with Gasteiger partial charge in [0, 0.05) is 18.5 Å². The molecule has 1 unspecified atom stereocenters. The van der Waals surface area contributed by atoms with Gasteiger partial charge in [0.25, 0.3) is 0 Å². The van der Waals surface area contributed by atoms with Crippen molar-refractivity contribution in [3.8, 4) is 0 Å². The van der Waals surface area contributed by atoms with Crippen LogP contribution in [0.25, 0.3) is 0 Å². The summed E-state index contributed by atoms with van der Waals surface area (Å²) in [5, 5.41) is 0. The van der Waals surface area contributed by atoms with Crippen molar-refractivity contribution in [1.82, 2.24) is 4.90 Å². The Labute approximate surface area is 126 Å². The standard InChI is InChI=1S/C15H29F3N2O/c1-6-12(7-2)20(10-15(16,17)18)13(21)8-11(19)9-14(3,4)5/h11-12H,6-10,19H2,1-5H3. The predicted octanol–water partition coefficient (Wildman–Crippen LogP) is 3.72. The molecule has 0 aromatic carbocycles. The number of nitrogens with two attached hydrogens (primary N) is 1. The summed E-state index contributed by atoms with van der Waals surface area (Å²) in [5.74, 6) is -0.502. The van der Waals surface area contributed by atoms with Gasteiger partial charge in [0.05, 0.1) is 0 Å². The zero-order valence-electron chi connectivity index (χ0n) is 13.8. The first-order valence-electron chi connectivity index (χ1n) is 7.51. The van der Waals surface area contributed by atoms with Gasteiger partial charge in [-0.05, 0) is 24.7 Å². The molecule has 0 aromatic rings. The van der Waals surface area contributed by atoms with Crippen LogP contribution in [0.4, 0.5) is 13.2 Å². The number of hydrogen-bond acceptors (Lipinski definition) is 2. The highest BCUT2D eigenvalue weighted by atomic mass is 19.4. The maximum absolute atomic E-state index is 12.7. The van der Waals surface area contributed by atoms with Crippen molar-refractivity contribution < 1.29 is 18.0 Å². The van der Waals surface area contributed by atoms with Crippen molar-refractivity contribution in [2.45, 2.75) is 78.6 Å². The molecule has 0 aliphatic heterocycles. The maximum Gasteiger partial charge on any atom is 0.406 e. The number of halogens is 3. The lowest BCUT2D eigenvalue weighted by Gasteiger charge is -2.33. The molecular weight excluding hydrogens is 281 g/mol. The predicted molar refractivity (Wildman–Crippen MR) is 78.8 cm³/mol. The van der Waals surface area contributed by atoms with E-state index in [1.54, 1.807) is 13.8 Å². The van der Waals surface area contributed by atoms with Crippen molar-refractivity contribution in [3.05, 3.63) is 0 Å². The van der Waals surface area contributed by atoms with Crippen LogP contribution in [-0.4, -0.2) is 35.6 Å². The van der Waals surface area contributed by atoms with E-state index in [1.807, 2.05) is 20.8 Å². The van der Waals surface area contributed by atoms with E-state index >= 15 is 0 Å². The van der Waals surface area contributed by atoms with Gasteiger partial charge in [0.15, 0.2) is 0 Å². The number of rotatable bonds is 7. The molecule has 126 valence electrons. The number of alkyl halides is 3. The Morgan fingerprint density at radius 2 is 1.62 bits per heavy atom. The Morgan fingerprint density at radius 1 is 1.14 bits per heavy atom. The molecule has 2 N–H and O–H groups in total. The highest BCUT2D eigenvalue weighted by Gasteiger charge is 2.36. The monoisotopic (exact) mass is 310 g/mol. The largest absolute Gasteiger partial charge is 0.406 e. The average Bonchev–Trinajstić information content (AvgIpc) is 2.24. The van der Waals surface area contributed by atoms with Gasteiger partial charge in [-0.15, -0.1) is 0 Å². The summed E-state index contributed by atoms with van der Waals surface area (Å²) in [7, 11) is 0. The molecule has 0 bridgehead atoms. The van der Waals surface area contributed by atoms with Crippen LogP contribution >= 0.6 is 0 Å². The average molecular weight is 310 g/mol. The number of nitrogens with zero attached hydrogens (tertiary/aromatic N) is 1.